The number of nitrogens with zero attached hydrogens (tertiary/aromatic N) is 1. The van der Waals surface area contributed by atoms with E-state index in [9.17, 15) is 4.79 Å². The molecule has 3 unspecified atom stereocenters. The minimum atomic E-state index is 0.143. The topological polar surface area (TPSA) is 46.3 Å². The lowest BCUT2D eigenvalue weighted by atomic mass is 10.0. The van der Waals surface area contributed by atoms with Gasteiger partial charge in [0.25, 0.3) is 0 Å². The van der Waals surface area contributed by atoms with Crippen LogP contribution in [0, 0.1) is 11.8 Å². The molecule has 2 fully saturated rings. The third kappa shape index (κ3) is 3.46. The summed E-state index contributed by atoms with van der Waals surface area (Å²) in [7, 11) is 0. The molecule has 0 aromatic heterocycles. The first-order chi connectivity index (χ1) is 10.1. The minimum Gasteiger partial charge on any atom is -0.335 e. The molecule has 21 heavy (non-hydrogen) atoms. The summed E-state index contributed by atoms with van der Waals surface area (Å²) in [6, 6.07) is 10.9. The fourth-order valence-corrected chi connectivity index (χ4v) is 3.51. The van der Waals surface area contributed by atoms with E-state index in [4.69, 9.17) is 5.73 Å². The Kier molecular flexibility index (Phi) is 4.29. The summed E-state index contributed by atoms with van der Waals surface area (Å²) < 4.78 is 0. The van der Waals surface area contributed by atoms with Crippen molar-refractivity contribution in [2.24, 2.45) is 17.6 Å². The molecule has 2 saturated carbocycles. The Balaban J connectivity index is 1.73. The van der Waals surface area contributed by atoms with E-state index in [0.717, 1.165) is 25.8 Å². The van der Waals surface area contributed by atoms with Gasteiger partial charge in [0.2, 0.25) is 5.91 Å². The quantitative estimate of drug-likeness (QED) is 0.904. The first kappa shape index (κ1) is 14.6. The molecule has 1 aromatic carbocycles. The summed E-state index contributed by atoms with van der Waals surface area (Å²) in [6.45, 7) is 2.95. The van der Waals surface area contributed by atoms with Gasteiger partial charge in [-0.05, 0) is 50.5 Å². The summed E-state index contributed by atoms with van der Waals surface area (Å²) >= 11 is 0. The van der Waals surface area contributed by atoms with Crippen LogP contribution in [0.25, 0.3) is 0 Å². The molecule has 2 N–H and O–H groups in total. The number of carbonyl (C=O) groups excluding carboxylic acids is 1. The van der Waals surface area contributed by atoms with Gasteiger partial charge < -0.3 is 10.6 Å². The molecule has 3 nitrogen and oxygen atoms in total. The van der Waals surface area contributed by atoms with Crippen LogP contribution < -0.4 is 5.73 Å². The molecule has 0 saturated heterocycles. The highest BCUT2D eigenvalue weighted by molar-refractivity contribution is 5.79. The van der Waals surface area contributed by atoms with Crippen LogP contribution in [0.4, 0.5) is 0 Å². The lowest BCUT2D eigenvalue weighted by molar-refractivity contribution is -0.138. The van der Waals surface area contributed by atoms with E-state index in [1.54, 1.807) is 0 Å². The molecule has 0 aliphatic heterocycles. The van der Waals surface area contributed by atoms with Crippen molar-refractivity contribution in [1.29, 1.82) is 0 Å². The number of carbonyl (C=O) groups is 1. The predicted octanol–water partition coefficient (Wildman–Crippen LogP) is 2.94. The molecule has 3 atom stereocenters. The zero-order valence-electron chi connectivity index (χ0n) is 12.9. The number of nitrogens with two attached hydrogens (primary N) is 1. The number of amides is 1. The van der Waals surface area contributed by atoms with Crippen LogP contribution in [0.5, 0.6) is 0 Å². The van der Waals surface area contributed by atoms with Crippen molar-refractivity contribution in [1.82, 2.24) is 4.90 Å². The van der Waals surface area contributed by atoms with Gasteiger partial charge in [-0.2, -0.15) is 0 Å². The highest BCUT2D eigenvalue weighted by atomic mass is 16.2. The third-order valence-electron chi connectivity index (χ3n) is 5.10. The summed E-state index contributed by atoms with van der Waals surface area (Å²) in [4.78, 5) is 15.1. The van der Waals surface area contributed by atoms with Gasteiger partial charge in [0.05, 0.1) is 0 Å². The standard InChI is InChI=1S/C18H26N2O/c1-13(15-7-8-15)20(12-14-5-3-2-4-6-14)18(21)16-9-10-17(19)11-16/h2-6,13,15-17H,7-12,19H2,1H3. The van der Waals surface area contributed by atoms with Gasteiger partial charge in [-0.15, -0.1) is 0 Å². The second kappa shape index (κ2) is 6.18. The Bertz CT molecular complexity index is 483. The van der Waals surface area contributed by atoms with Gasteiger partial charge in [0, 0.05) is 24.5 Å². The largest absolute Gasteiger partial charge is 0.335 e. The molecule has 2 aliphatic rings. The summed E-state index contributed by atoms with van der Waals surface area (Å²) in [5.74, 6) is 1.17. The van der Waals surface area contributed by atoms with Crippen LogP contribution in [0.3, 0.4) is 0 Å². The molecule has 3 heteroatoms. The maximum absolute atomic E-state index is 12.9. The van der Waals surface area contributed by atoms with Crippen LogP contribution >= 0.6 is 0 Å². The average molecular weight is 286 g/mol. The van der Waals surface area contributed by atoms with Gasteiger partial charge in [0.15, 0.2) is 0 Å². The predicted molar refractivity (Wildman–Crippen MR) is 84.5 cm³/mol. The van der Waals surface area contributed by atoms with E-state index in [0.29, 0.717) is 17.9 Å². The summed E-state index contributed by atoms with van der Waals surface area (Å²) in [6.07, 6.45) is 5.35. The highest BCUT2D eigenvalue weighted by Gasteiger charge is 2.38. The van der Waals surface area contributed by atoms with Crippen LogP contribution in [0.15, 0.2) is 30.3 Å². The molecular weight excluding hydrogens is 260 g/mol. The second-order valence-electron chi connectivity index (χ2n) is 6.80. The molecule has 0 heterocycles. The number of hydrogen-bond donors (Lipinski definition) is 1. The van der Waals surface area contributed by atoms with E-state index in [-0.39, 0.29) is 12.0 Å². The molecule has 2 aliphatic carbocycles. The molecule has 3 rings (SSSR count). The van der Waals surface area contributed by atoms with Crippen molar-refractivity contribution in [3.8, 4) is 0 Å². The van der Waals surface area contributed by atoms with E-state index < -0.39 is 0 Å². The molecule has 0 bridgehead atoms. The maximum Gasteiger partial charge on any atom is 0.226 e. The lowest BCUT2D eigenvalue weighted by Crippen LogP contribution is -2.42. The molecule has 114 valence electrons. The second-order valence-corrected chi connectivity index (χ2v) is 6.80. The van der Waals surface area contributed by atoms with Crippen molar-refractivity contribution in [3.05, 3.63) is 35.9 Å². The highest BCUT2D eigenvalue weighted by Crippen LogP contribution is 2.37. The SMILES string of the molecule is CC(C1CC1)N(Cc1ccccc1)C(=O)C1CCC(N)C1. The van der Waals surface area contributed by atoms with Crippen LogP contribution in [0.2, 0.25) is 0 Å². The molecule has 0 spiro atoms. The maximum atomic E-state index is 12.9. The fourth-order valence-electron chi connectivity index (χ4n) is 3.51. The van der Waals surface area contributed by atoms with E-state index in [1.807, 2.05) is 18.2 Å². The number of rotatable bonds is 5. The van der Waals surface area contributed by atoms with Crippen molar-refractivity contribution in [3.63, 3.8) is 0 Å². The fraction of sp³-hybridized carbons (Fsp3) is 0.611. The van der Waals surface area contributed by atoms with Crippen molar-refractivity contribution < 1.29 is 4.79 Å². The third-order valence-corrected chi connectivity index (χ3v) is 5.10. The van der Waals surface area contributed by atoms with Gasteiger partial charge in [-0.3, -0.25) is 4.79 Å². The minimum absolute atomic E-state index is 0.143. The Labute approximate surface area is 127 Å². The average Bonchev–Trinajstić information content (AvgIpc) is 3.26. The van der Waals surface area contributed by atoms with Gasteiger partial charge in [0.1, 0.15) is 0 Å². The monoisotopic (exact) mass is 286 g/mol. The number of benzene rings is 1. The van der Waals surface area contributed by atoms with E-state index in [2.05, 4.69) is 24.0 Å². The lowest BCUT2D eigenvalue weighted by Gasteiger charge is -2.32. The van der Waals surface area contributed by atoms with Crippen molar-refractivity contribution >= 4 is 5.91 Å². The smallest absolute Gasteiger partial charge is 0.226 e. The Morgan fingerprint density at radius 3 is 2.52 bits per heavy atom. The molecular formula is C18H26N2O. The van der Waals surface area contributed by atoms with Crippen molar-refractivity contribution in [2.45, 2.75) is 57.7 Å². The normalized spacial score (nSPS) is 26.6. The summed E-state index contributed by atoms with van der Waals surface area (Å²) in [5.41, 5.74) is 7.22. The number of hydrogen-bond acceptors (Lipinski definition) is 2. The zero-order chi connectivity index (χ0) is 14.8. The van der Waals surface area contributed by atoms with Gasteiger partial charge in [-0.1, -0.05) is 30.3 Å². The first-order valence-electron chi connectivity index (χ1n) is 8.25. The first-order valence-corrected chi connectivity index (χ1v) is 8.25. The van der Waals surface area contributed by atoms with Crippen LogP contribution in [-0.2, 0) is 11.3 Å². The molecule has 0 radical (unpaired) electrons. The van der Waals surface area contributed by atoms with Crippen LogP contribution in [-0.4, -0.2) is 22.9 Å². The molecule has 1 amide bonds. The van der Waals surface area contributed by atoms with E-state index in [1.165, 1.54) is 18.4 Å². The van der Waals surface area contributed by atoms with Crippen LogP contribution in [0.1, 0.15) is 44.6 Å². The van der Waals surface area contributed by atoms with Crippen molar-refractivity contribution in [2.75, 3.05) is 0 Å². The Hall–Kier alpha value is -1.35. The Morgan fingerprint density at radius 2 is 1.95 bits per heavy atom. The molecule has 1 aromatic rings. The van der Waals surface area contributed by atoms with Gasteiger partial charge >= 0.3 is 0 Å². The van der Waals surface area contributed by atoms with Gasteiger partial charge in [-0.25, -0.2) is 0 Å². The zero-order valence-corrected chi connectivity index (χ0v) is 12.9. The van der Waals surface area contributed by atoms with E-state index >= 15 is 0 Å². The summed E-state index contributed by atoms with van der Waals surface area (Å²) in [5, 5.41) is 0. The Morgan fingerprint density at radius 1 is 1.24 bits per heavy atom.